The largest absolute Gasteiger partial charge is 0.487 e. The van der Waals surface area contributed by atoms with Crippen molar-refractivity contribution in [3.63, 3.8) is 0 Å². The van der Waals surface area contributed by atoms with Gasteiger partial charge in [-0.1, -0.05) is 37.3 Å². The van der Waals surface area contributed by atoms with E-state index < -0.39 is 33.4 Å². The molecule has 30 heavy (non-hydrogen) atoms. The highest BCUT2D eigenvalue weighted by Crippen LogP contribution is 2.39. The van der Waals surface area contributed by atoms with Gasteiger partial charge in [0.25, 0.3) is 0 Å². The lowest BCUT2D eigenvalue weighted by Crippen LogP contribution is -2.51. The van der Waals surface area contributed by atoms with E-state index in [-0.39, 0.29) is 18.2 Å². The number of sulfonamides is 1. The molecule has 1 aliphatic heterocycles. The summed E-state index contributed by atoms with van der Waals surface area (Å²) in [5.74, 6) is -0.503. The lowest BCUT2D eigenvalue weighted by Gasteiger charge is -2.39. The molecule has 0 saturated carbocycles. The molecule has 0 unspecified atom stereocenters. The first-order chi connectivity index (χ1) is 14.0. The number of para-hydroxylation sites is 2. The summed E-state index contributed by atoms with van der Waals surface area (Å²) in [6.45, 7) is 5.56. The molecule has 0 spiro atoms. The molecule has 1 heterocycles. The number of carbonyl (C=O) groups is 1. The van der Waals surface area contributed by atoms with Crippen LogP contribution < -0.4 is 14.4 Å². The van der Waals surface area contributed by atoms with Crippen LogP contribution >= 0.6 is 0 Å². The molecule has 2 aromatic rings. The van der Waals surface area contributed by atoms with Gasteiger partial charge in [0.1, 0.15) is 23.2 Å². The summed E-state index contributed by atoms with van der Waals surface area (Å²) in [7, 11) is -3.91. The highest BCUT2D eigenvalue weighted by Gasteiger charge is 2.38. The molecule has 2 atom stereocenters. The maximum absolute atomic E-state index is 14.4. The molecule has 162 valence electrons. The average Bonchev–Trinajstić information content (AvgIpc) is 2.65. The molecule has 0 aromatic heterocycles. The van der Waals surface area contributed by atoms with E-state index in [1.165, 1.54) is 18.2 Å². The fourth-order valence-corrected chi connectivity index (χ4v) is 5.08. The lowest BCUT2D eigenvalue weighted by atomic mass is 9.89. The summed E-state index contributed by atoms with van der Waals surface area (Å²) in [4.78, 5) is 13.3. The van der Waals surface area contributed by atoms with Crippen LogP contribution in [0.25, 0.3) is 0 Å². The minimum absolute atomic E-state index is 0.144. The van der Waals surface area contributed by atoms with Gasteiger partial charge in [0.15, 0.2) is 0 Å². The second-order valence-electron chi connectivity index (χ2n) is 8.10. The Morgan fingerprint density at radius 3 is 2.50 bits per heavy atom. The lowest BCUT2D eigenvalue weighted by molar-refractivity contribution is -0.123. The van der Waals surface area contributed by atoms with E-state index in [9.17, 15) is 17.6 Å². The van der Waals surface area contributed by atoms with Gasteiger partial charge in [0.2, 0.25) is 15.9 Å². The van der Waals surface area contributed by atoms with Gasteiger partial charge in [-0.2, -0.15) is 0 Å². The number of carbonyl (C=O) groups excluding carboxylic acids is 1. The van der Waals surface area contributed by atoms with E-state index in [1.807, 2.05) is 38.1 Å². The second kappa shape index (κ2) is 8.26. The van der Waals surface area contributed by atoms with Gasteiger partial charge >= 0.3 is 0 Å². The summed E-state index contributed by atoms with van der Waals surface area (Å²) >= 11 is 0. The topological polar surface area (TPSA) is 75.7 Å². The standard InChI is InChI=1S/C22H27FN2O4S/c1-5-18(25(30(4,27)28)19-12-8-7-11-16(19)23)21(26)24-17-14-22(2,3)29-20-13-9-6-10-15(17)20/h6-13,17-18H,5,14H2,1-4H3,(H,24,26)/t17-,18-/m0/s1. The fourth-order valence-electron chi connectivity index (χ4n) is 3.86. The minimum Gasteiger partial charge on any atom is -0.487 e. The number of anilines is 1. The van der Waals surface area contributed by atoms with Crippen LogP contribution in [0.15, 0.2) is 48.5 Å². The summed E-state index contributed by atoms with van der Waals surface area (Å²) < 4.78 is 46.4. The molecule has 8 heteroatoms. The van der Waals surface area contributed by atoms with Gasteiger partial charge in [-0.05, 0) is 38.5 Å². The van der Waals surface area contributed by atoms with Crippen LogP contribution in [0.1, 0.15) is 45.2 Å². The number of ether oxygens (including phenoxy) is 1. The van der Waals surface area contributed by atoms with Crippen LogP contribution in [0.3, 0.4) is 0 Å². The van der Waals surface area contributed by atoms with Crippen LogP contribution in [0.2, 0.25) is 0 Å². The van der Waals surface area contributed by atoms with Crippen LogP contribution in [0.4, 0.5) is 10.1 Å². The Morgan fingerprint density at radius 1 is 1.23 bits per heavy atom. The number of amides is 1. The van der Waals surface area contributed by atoms with Gasteiger partial charge in [0.05, 0.1) is 18.0 Å². The van der Waals surface area contributed by atoms with Crippen LogP contribution in [-0.2, 0) is 14.8 Å². The number of nitrogens with one attached hydrogen (secondary N) is 1. The SMILES string of the molecule is CC[C@@H](C(=O)N[C@H]1CC(C)(C)Oc2ccccc21)N(c1ccccc1F)S(C)(=O)=O. The van der Waals surface area contributed by atoms with E-state index >= 15 is 0 Å². The number of halogens is 1. The first-order valence-electron chi connectivity index (χ1n) is 9.86. The molecule has 2 aromatic carbocycles. The zero-order valence-electron chi connectivity index (χ0n) is 17.6. The predicted molar refractivity (Wildman–Crippen MR) is 114 cm³/mol. The average molecular weight is 435 g/mol. The first-order valence-corrected chi connectivity index (χ1v) is 11.7. The molecular weight excluding hydrogens is 407 g/mol. The third-order valence-corrected chi connectivity index (χ3v) is 6.28. The number of fused-ring (bicyclic) bond motifs is 1. The van der Waals surface area contributed by atoms with Crippen molar-refractivity contribution in [3.05, 3.63) is 59.9 Å². The Hall–Kier alpha value is -2.61. The summed E-state index contributed by atoms with van der Waals surface area (Å²) in [5, 5.41) is 2.98. The Balaban J connectivity index is 1.95. The van der Waals surface area contributed by atoms with Crippen molar-refractivity contribution >= 4 is 21.6 Å². The van der Waals surface area contributed by atoms with Crippen molar-refractivity contribution in [3.8, 4) is 5.75 Å². The Morgan fingerprint density at radius 2 is 1.87 bits per heavy atom. The third kappa shape index (κ3) is 4.59. The molecule has 1 N–H and O–H groups in total. The Bertz CT molecular complexity index is 1040. The molecule has 0 fully saturated rings. The normalized spacial score (nSPS) is 18.6. The van der Waals surface area contributed by atoms with E-state index in [1.54, 1.807) is 13.0 Å². The second-order valence-corrected chi connectivity index (χ2v) is 9.96. The van der Waals surface area contributed by atoms with Gasteiger partial charge in [-0.3, -0.25) is 9.10 Å². The number of benzene rings is 2. The highest BCUT2D eigenvalue weighted by molar-refractivity contribution is 7.92. The molecule has 0 saturated heterocycles. The predicted octanol–water partition coefficient (Wildman–Crippen LogP) is 3.79. The zero-order chi connectivity index (χ0) is 22.1. The Kier molecular flexibility index (Phi) is 6.08. The molecule has 1 amide bonds. The maximum atomic E-state index is 14.4. The van der Waals surface area contributed by atoms with Crippen molar-refractivity contribution in [1.29, 1.82) is 0 Å². The van der Waals surface area contributed by atoms with E-state index in [0.29, 0.717) is 12.2 Å². The van der Waals surface area contributed by atoms with Gasteiger partial charge in [-0.15, -0.1) is 0 Å². The van der Waals surface area contributed by atoms with Crippen molar-refractivity contribution in [2.24, 2.45) is 0 Å². The molecule has 0 aliphatic carbocycles. The molecule has 0 bridgehead atoms. The van der Waals surface area contributed by atoms with E-state index in [0.717, 1.165) is 16.1 Å². The minimum atomic E-state index is -3.91. The first kappa shape index (κ1) is 22.1. The molecule has 1 aliphatic rings. The van der Waals surface area contributed by atoms with Crippen molar-refractivity contribution < 1.29 is 22.3 Å². The number of rotatable bonds is 6. The monoisotopic (exact) mass is 434 g/mol. The summed E-state index contributed by atoms with van der Waals surface area (Å²) in [5.41, 5.74) is 0.183. The Labute approximate surface area is 177 Å². The molecule has 3 rings (SSSR count). The van der Waals surface area contributed by atoms with Crippen LogP contribution in [-0.4, -0.2) is 32.2 Å². The quantitative estimate of drug-likeness (QED) is 0.751. The third-order valence-electron chi connectivity index (χ3n) is 5.11. The molecule has 0 radical (unpaired) electrons. The number of nitrogens with zero attached hydrogens (tertiary/aromatic N) is 1. The summed E-state index contributed by atoms with van der Waals surface area (Å²) in [6, 6.07) is 11.5. The molecular formula is C22H27FN2O4S. The fraction of sp³-hybridized carbons (Fsp3) is 0.409. The zero-order valence-corrected chi connectivity index (χ0v) is 18.4. The maximum Gasteiger partial charge on any atom is 0.244 e. The highest BCUT2D eigenvalue weighted by atomic mass is 32.2. The van der Waals surface area contributed by atoms with Crippen LogP contribution in [0.5, 0.6) is 5.75 Å². The van der Waals surface area contributed by atoms with E-state index in [2.05, 4.69) is 5.32 Å². The number of hydrogen-bond donors (Lipinski definition) is 1. The van der Waals surface area contributed by atoms with Crippen molar-refractivity contribution in [2.45, 2.75) is 51.3 Å². The van der Waals surface area contributed by atoms with Crippen molar-refractivity contribution in [1.82, 2.24) is 5.32 Å². The van der Waals surface area contributed by atoms with Gasteiger partial charge in [-0.25, -0.2) is 12.8 Å². The smallest absolute Gasteiger partial charge is 0.244 e. The summed E-state index contributed by atoms with van der Waals surface area (Å²) in [6.07, 6.45) is 1.68. The molecule has 6 nitrogen and oxygen atoms in total. The van der Waals surface area contributed by atoms with Crippen molar-refractivity contribution in [2.75, 3.05) is 10.6 Å². The van der Waals surface area contributed by atoms with E-state index in [4.69, 9.17) is 4.74 Å². The van der Waals surface area contributed by atoms with Gasteiger partial charge < -0.3 is 10.1 Å². The van der Waals surface area contributed by atoms with Gasteiger partial charge in [0, 0.05) is 12.0 Å². The van der Waals surface area contributed by atoms with Crippen LogP contribution in [0, 0.1) is 5.82 Å². The number of hydrogen-bond acceptors (Lipinski definition) is 4.